The van der Waals surface area contributed by atoms with Gasteiger partial charge in [0.15, 0.2) is 0 Å². The van der Waals surface area contributed by atoms with Crippen LogP contribution in [0.1, 0.15) is 23.6 Å². The summed E-state index contributed by atoms with van der Waals surface area (Å²) >= 11 is 0. The first kappa shape index (κ1) is 15.5. The lowest BCUT2D eigenvalue weighted by molar-refractivity contribution is -0.140. The predicted molar refractivity (Wildman–Crippen MR) is 71.1 cm³/mol. The first-order valence-corrected chi connectivity index (χ1v) is 6.34. The highest BCUT2D eigenvalue weighted by Gasteiger charge is 2.38. The van der Waals surface area contributed by atoms with Gasteiger partial charge in [0.2, 0.25) is 0 Å². The number of aliphatic hydroxyl groups is 1. The van der Waals surface area contributed by atoms with E-state index in [1.54, 1.807) is 6.07 Å². The molecule has 0 amide bonds. The van der Waals surface area contributed by atoms with Gasteiger partial charge in [-0.25, -0.2) is 4.39 Å². The van der Waals surface area contributed by atoms with Crippen LogP contribution in [-0.2, 0) is 18.2 Å². The average molecular weight is 298 g/mol. The quantitative estimate of drug-likeness (QED) is 0.838. The lowest BCUT2D eigenvalue weighted by atomic mass is 9.85. The average Bonchev–Trinajstić information content (AvgIpc) is 2.40. The molecule has 0 spiro atoms. The Balaban J connectivity index is 2.43. The van der Waals surface area contributed by atoms with Crippen LogP contribution in [0.4, 0.5) is 17.6 Å². The van der Waals surface area contributed by atoms with E-state index in [0.717, 1.165) is 6.07 Å². The van der Waals surface area contributed by atoms with Crippen molar-refractivity contribution in [2.45, 2.75) is 25.1 Å². The molecule has 2 rings (SSSR count). The Bertz CT molecular complexity index is 632. The molecule has 0 aliphatic heterocycles. The number of halogens is 4. The molecular formula is C16H14F4O. The van der Waals surface area contributed by atoms with E-state index in [1.165, 1.54) is 43.3 Å². The largest absolute Gasteiger partial charge is 0.416 e. The van der Waals surface area contributed by atoms with E-state index < -0.39 is 23.2 Å². The molecule has 2 aromatic rings. The highest BCUT2D eigenvalue weighted by molar-refractivity contribution is 5.36. The van der Waals surface area contributed by atoms with E-state index in [9.17, 15) is 22.7 Å². The highest BCUT2D eigenvalue weighted by atomic mass is 19.4. The maximum Gasteiger partial charge on any atom is 0.416 e. The molecule has 0 aliphatic carbocycles. The van der Waals surface area contributed by atoms with Crippen LogP contribution in [0.15, 0.2) is 48.5 Å². The Morgan fingerprint density at radius 2 is 1.43 bits per heavy atom. The van der Waals surface area contributed by atoms with Gasteiger partial charge < -0.3 is 5.11 Å². The van der Waals surface area contributed by atoms with Crippen molar-refractivity contribution in [1.29, 1.82) is 0 Å². The maximum atomic E-state index is 13.6. The summed E-state index contributed by atoms with van der Waals surface area (Å²) in [6, 6.07) is 10.5. The minimum atomic E-state index is -4.57. The number of rotatable bonds is 3. The van der Waals surface area contributed by atoms with Crippen LogP contribution in [0.3, 0.4) is 0 Å². The molecule has 0 bridgehead atoms. The molecule has 112 valence electrons. The first-order chi connectivity index (χ1) is 9.72. The van der Waals surface area contributed by atoms with Crippen LogP contribution >= 0.6 is 0 Å². The van der Waals surface area contributed by atoms with Crippen molar-refractivity contribution in [2.24, 2.45) is 0 Å². The molecule has 0 fully saturated rings. The summed E-state index contributed by atoms with van der Waals surface area (Å²) in [7, 11) is 0. The first-order valence-electron chi connectivity index (χ1n) is 6.34. The number of alkyl halides is 3. The van der Waals surface area contributed by atoms with Crippen molar-refractivity contribution in [3.05, 3.63) is 71.0 Å². The SMILES string of the molecule is CC(O)(Cc1ccccc1F)c1ccccc1C(F)(F)F. The minimum Gasteiger partial charge on any atom is -0.385 e. The molecule has 1 atom stereocenters. The van der Waals surface area contributed by atoms with Crippen molar-refractivity contribution >= 4 is 0 Å². The Morgan fingerprint density at radius 3 is 2.00 bits per heavy atom. The summed E-state index contributed by atoms with van der Waals surface area (Å²) in [6.45, 7) is 1.25. The molecular weight excluding hydrogens is 284 g/mol. The van der Waals surface area contributed by atoms with Crippen LogP contribution in [0.5, 0.6) is 0 Å². The number of hydrogen-bond acceptors (Lipinski definition) is 1. The van der Waals surface area contributed by atoms with Crippen molar-refractivity contribution < 1.29 is 22.7 Å². The van der Waals surface area contributed by atoms with Crippen LogP contribution in [-0.4, -0.2) is 5.11 Å². The second-order valence-electron chi connectivity index (χ2n) is 5.09. The third kappa shape index (κ3) is 3.42. The Hall–Kier alpha value is -1.88. The minimum absolute atomic E-state index is 0.166. The van der Waals surface area contributed by atoms with Gasteiger partial charge in [-0.3, -0.25) is 0 Å². The van der Waals surface area contributed by atoms with Crippen LogP contribution in [0.2, 0.25) is 0 Å². The summed E-state index contributed by atoms with van der Waals surface area (Å²) < 4.78 is 52.7. The van der Waals surface area contributed by atoms with E-state index in [-0.39, 0.29) is 17.5 Å². The van der Waals surface area contributed by atoms with Gasteiger partial charge in [-0.05, 0) is 30.2 Å². The molecule has 0 aromatic heterocycles. The smallest absolute Gasteiger partial charge is 0.385 e. The zero-order chi connectivity index (χ0) is 15.7. The Kier molecular flexibility index (Phi) is 4.05. The standard InChI is InChI=1S/C16H14F4O/c1-15(21,10-11-6-2-5-9-14(11)17)12-7-3-4-8-13(12)16(18,19)20/h2-9,21H,10H2,1H3. The van der Waals surface area contributed by atoms with E-state index in [2.05, 4.69) is 0 Å². The van der Waals surface area contributed by atoms with Crippen molar-refractivity contribution in [1.82, 2.24) is 0 Å². The molecule has 0 saturated carbocycles. The van der Waals surface area contributed by atoms with Gasteiger partial charge in [0.1, 0.15) is 5.82 Å². The summed E-state index contributed by atoms with van der Waals surface area (Å²) in [6.07, 6.45) is -4.82. The Morgan fingerprint density at radius 1 is 0.905 bits per heavy atom. The summed E-state index contributed by atoms with van der Waals surface area (Å²) in [5.74, 6) is -0.553. The monoisotopic (exact) mass is 298 g/mol. The maximum absolute atomic E-state index is 13.6. The zero-order valence-corrected chi connectivity index (χ0v) is 11.3. The van der Waals surface area contributed by atoms with Crippen molar-refractivity contribution in [2.75, 3.05) is 0 Å². The lowest BCUT2D eigenvalue weighted by Gasteiger charge is -2.27. The number of hydrogen-bond donors (Lipinski definition) is 1. The van der Waals surface area contributed by atoms with Gasteiger partial charge in [-0.2, -0.15) is 13.2 Å². The van der Waals surface area contributed by atoms with Crippen LogP contribution < -0.4 is 0 Å². The van der Waals surface area contributed by atoms with Crippen molar-refractivity contribution in [3.8, 4) is 0 Å². The zero-order valence-electron chi connectivity index (χ0n) is 11.3. The van der Waals surface area contributed by atoms with Gasteiger partial charge in [0.05, 0.1) is 11.2 Å². The lowest BCUT2D eigenvalue weighted by Crippen LogP contribution is -2.28. The second kappa shape index (κ2) is 5.48. The molecule has 0 heterocycles. The van der Waals surface area contributed by atoms with Crippen molar-refractivity contribution in [3.63, 3.8) is 0 Å². The molecule has 0 radical (unpaired) electrons. The van der Waals surface area contributed by atoms with Gasteiger partial charge in [0.25, 0.3) is 0 Å². The second-order valence-corrected chi connectivity index (χ2v) is 5.09. The molecule has 1 nitrogen and oxygen atoms in total. The fourth-order valence-electron chi connectivity index (χ4n) is 2.31. The molecule has 2 aromatic carbocycles. The molecule has 5 heteroatoms. The highest BCUT2D eigenvalue weighted by Crippen LogP contribution is 2.38. The molecule has 1 unspecified atom stereocenters. The van der Waals surface area contributed by atoms with E-state index >= 15 is 0 Å². The van der Waals surface area contributed by atoms with E-state index in [0.29, 0.717) is 0 Å². The topological polar surface area (TPSA) is 20.2 Å². The summed E-state index contributed by atoms with van der Waals surface area (Å²) in [4.78, 5) is 0. The van der Waals surface area contributed by atoms with E-state index in [4.69, 9.17) is 0 Å². The molecule has 21 heavy (non-hydrogen) atoms. The summed E-state index contributed by atoms with van der Waals surface area (Å²) in [5, 5.41) is 10.4. The molecule has 1 N–H and O–H groups in total. The third-order valence-corrected chi connectivity index (χ3v) is 3.31. The Labute approximate surface area is 119 Å². The predicted octanol–water partition coefficient (Wildman–Crippen LogP) is 4.29. The molecule has 0 aliphatic rings. The fraction of sp³-hybridized carbons (Fsp3) is 0.250. The van der Waals surface area contributed by atoms with Gasteiger partial charge in [0, 0.05) is 6.42 Å². The fourth-order valence-corrected chi connectivity index (χ4v) is 2.31. The van der Waals surface area contributed by atoms with Gasteiger partial charge >= 0.3 is 6.18 Å². The number of benzene rings is 2. The van der Waals surface area contributed by atoms with E-state index in [1.807, 2.05) is 0 Å². The van der Waals surface area contributed by atoms with Crippen LogP contribution in [0.25, 0.3) is 0 Å². The van der Waals surface area contributed by atoms with Crippen LogP contribution in [0, 0.1) is 5.82 Å². The van der Waals surface area contributed by atoms with Gasteiger partial charge in [-0.1, -0.05) is 36.4 Å². The third-order valence-electron chi connectivity index (χ3n) is 3.31. The molecule has 0 saturated heterocycles. The van der Waals surface area contributed by atoms with Gasteiger partial charge in [-0.15, -0.1) is 0 Å². The normalized spacial score (nSPS) is 14.8. The summed E-state index contributed by atoms with van der Waals surface area (Å²) in [5.41, 5.74) is -2.83.